The molecule has 1 fully saturated rings. The first kappa shape index (κ1) is 22.6. The zero-order valence-corrected chi connectivity index (χ0v) is 16.7. The Bertz CT molecular complexity index is 1260. The normalized spacial score (nSPS) is 25.4. The van der Waals surface area contributed by atoms with Gasteiger partial charge in [-0.2, -0.15) is 0 Å². The van der Waals surface area contributed by atoms with Crippen LogP contribution in [0.15, 0.2) is 33.5 Å². The molecule has 1 aliphatic heterocycles. The maximum atomic E-state index is 12.8. The van der Waals surface area contributed by atoms with Gasteiger partial charge in [0.25, 0.3) is 0 Å². The zero-order valence-electron chi connectivity index (χ0n) is 16.7. The monoisotopic (exact) mass is 464 g/mol. The smallest absolute Gasteiger partial charge is 0.200 e. The van der Waals surface area contributed by atoms with Crippen LogP contribution in [0.4, 0.5) is 0 Å². The summed E-state index contributed by atoms with van der Waals surface area (Å²) >= 11 is 0. The number of fused-ring (bicyclic) bond motifs is 1. The molecule has 2 heterocycles. The molecule has 0 radical (unpaired) electrons. The van der Waals surface area contributed by atoms with Gasteiger partial charge in [-0.15, -0.1) is 0 Å². The van der Waals surface area contributed by atoms with Gasteiger partial charge >= 0.3 is 0 Å². The number of hydrogen-bond donors (Lipinski definition) is 9. The minimum absolute atomic E-state index is 0.00112. The molecule has 9 N–H and O–H groups in total. The quantitative estimate of drug-likeness (QED) is 0.224. The summed E-state index contributed by atoms with van der Waals surface area (Å²) in [4.78, 5) is 12.8. The lowest BCUT2D eigenvalue weighted by Gasteiger charge is -2.40. The Labute approximate surface area is 184 Å². The summed E-state index contributed by atoms with van der Waals surface area (Å²) < 4.78 is 10.9. The van der Waals surface area contributed by atoms with Crippen LogP contribution in [-0.2, 0) is 4.74 Å². The van der Waals surface area contributed by atoms with Gasteiger partial charge in [0.05, 0.1) is 12.2 Å². The Morgan fingerprint density at radius 3 is 2.03 bits per heavy atom. The van der Waals surface area contributed by atoms with E-state index in [4.69, 9.17) is 9.15 Å². The van der Waals surface area contributed by atoms with Crippen LogP contribution in [0, 0.1) is 0 Å². The number of hydrogen-bond acceptors (Lipinski definition) is 12. The van der Waals surface area contributed by atoms with Crippen LogP contribution < -0.4 is 5.43 Å². The second kappa shape index (κ2) is 8.10. The largest absolute Gasteiger partial charge is 0.507 e. The van der Waals surface area contributed by atoms with Crippen molar-refractivity contribution in [2.24, 2.45) is 0 Å². The Kier molecular flexibility index (Phi) is 5.56. The SMILES string of the molecule is O=c1cc(-c2cc(O)c(O)c(O)c2)oc2cc(O)c([C@@H]3O[C@H](CO)[C@@H](O)[C@H](O)[C@H]3O)c(O)c12. The fourth-order valence-electron chi connectivity index (χ4n) is 3.81. The molecule has 5 atom stereocenters. The second-order valence-electron chi connectivity index (χ2n) is 7.62. The van der Waals surface area contributed by atoms with Crippen LogP contribution in [-0.4, -0.2) is 77.0 Å². The minimum Gasteiger partial charge on any atom is -0.507 e. The highest BCUT2D eigenvalue weighted by Gasteiger charge is 2.46. The fraction of sp³-hybridized carbons (Fsp3) is 0.286. The average Bonchev–Trinajstić information content (AvgIpc) is 2.76. The Morgan fingerprint density at radius 2 is 1.42 bits per heavy atom. The second-order valence-corrected chi connectivity index (χ2v) is 7.62. The molecular weight excluding hydrogens is 444 g/mol. The van der Waals surface area contributed by atoms with Crippen LogP contribution in [0.3, 0.4) is 0 Å². The van der Waals surface area contributed by atoms with E-state index < -0.39 is 82.3 Å². The Hall–Kier alpha value is -3.55. The number of aliphatic hydroxyl groups excluding tert-OH is 4. The van der Waals surface area contributed by atoms with Crippen molar-refractivity contribution in [2.45, 2.75) is 30.5 Å². The lowest BCUT2D eigenvalue weighted by Crippen LogP contribution is -2.55. The van der Waals surface area contributed by atoms with E-state index in [9.17, 15) is 50.8 Å². The van der Waals surface area contributed by atoms with Crippen molar-refractivity contribution >= 4 is 11.0 Å². The summed E-state index contributed by atoms with van der Waals surface area (Å²) in [5.74, 6) is -3.85. The Morgan fingerprint density at radius 1 is 0.788 bits per heavy atom. The van der Waals surface area contributed by atoms with Crippen molar-refractivity contribution in [3.63, 3.8) is 0 Å². The molecule has 12 heteroatoms. The predicted octanol–water partition coefficient (Wildman–Crippen LogP) is -0.497. The number of phenols is 5. The molecular formula is C21H20O12. The predicted molar refractivity (Wildman–Crippen MR) is 109 cm³/mol. The van der Waals surface area contributed by atoms with Crippen LogP contribution in [0.2, 0.25) is 0 Å². The molecule has 0 unspecified atom stereocenters. The van der Waals surface area contributed by atoms with Crippen molar-refractivity contribution in [2.75, 3.05) is 6.61 Å². The summed E-state index contributed by atoms with van der Waals surface area (Å²) in [5.41, 5.74) is -1.60. The molecule has 2 aromatic carbocycles. The highest BCUT2D eigenvalue weighted by molar-refractivity contribution is 5.88. The average molecular weight is 464 g/mol. The first-order valence-corrected chi connectivity index (χ1v) is 9.63. The van der Waals surface area contributed by atoms with Gasteiger partial charge in [-0.05, 0) is 12.1 Å². The molecule has 0 saturated carbocycles. The highest BCUT2D eigenvalue weighted by Crippen LogP contribution is 2.45. The molecule has 0 aliphatic carbocycles. The number of phenolic OH excluding ortho intramolecular Hbond substituents is 5. The number of aliphatic hydroxyl groups is 4. The molecule has 1 aliphatic rings. The molecule has 1 saturated heterocycles. The third kappa shape index (κ3) is 3.59. The van der Waals surface area contributed by atoms with Gasteiger partial charge in [-0.1, -0.05) is 0 Å². The van der Waals surface area contributed by atoms with Crippen LogP contribution in [0.5, 0.6) is 28.7 Å². The summed E-state index contributed by atoms with van der Waals surface area (Å²) in [5, 5.41) is 89.4. The zero-order chi connectivity index (χ0) is 24.2. The van der Waals surface area contributed by atoms with E-state index >= 15 is 0 Å². The minimum atomic E-state index is -1.83. The van der Waals surface area contributed by atoms with Gasteiger partial charge in [0.15, 0.2) is 22.7 Å². The van der Waals surface area contributed by atoms with E-state index in [1.165, 1.54) is 0 Å². The fourth-order valence-corrected chi connectivity index (χ4v) is 3.81. The number of rotatable bonds is 3. The van der Waals surface area contributed by atoms with Crippen molar-refractivity contribution < 1.29 is 55.1 Å². The van der Waals surface area contributed by atoms with E-state index in [-0.39, 0.29) is 16.9 Å². The summed E-state index contributed by atoms with van der Waals surface area (Å²) in [6.07, 6.45) is -8.22. The van der Waals surface area contributed by atoms with Crippen molar-refractivity contribution in [3.8, 4) is 40.1 Å². The molecule has 1 aromatic heterocycles. The lowest BCUT2D eigenvalue weighted by molar-refractivity contribution is -0.232. The van der Waals surface area contributed by atoms with Crippen molar-refractivity contribution in [3.05, 3.63) is 40.1 Å². The van der Waals surface area contributed by atoms with Crippen molar-refractivity contribution in [1.82, 2.24) is 0 Å². The van der Waals surface area contributed by atoms with Gasteiger partial charge < -0.3 is 55.1 Å². The maximum Gasteiger partial charge on any atom is 0.200 e. The molecule has 0 spiro atoms. The third-order valence-electron chi connectivity index (χ3n) is 5.54. The van der Waals surface area contributed by atoms with Crippen LogP contribution >= 0.6 is 0 Å². The molecule has 4 rings (SSSR count). The highest BCUT2D eigenvalue weighted by atomic mass is 16.5. The molecule has 176 valence electrons. The molecule has 12 nitrogen and oxygen atoms in total. The van der Waals surface area contributed by atoms with E-state index in [1.807, 2.05) is 0 Å². The summed E-state index contributed by atoms with van der Waals surface area (Å²) in [7, 11) is 0. The number of aromatic hydroxyl groups is 5. The first-order valence-electron chi connectivity index (χ1n) is 9.63. The van der Waals surface area contributed by atoms with Gasteiger partial charge in [0.2, 0.25) is 0 Å². The molecule has 0 amide bonds. The van der Waals surface area contributed by atoms with E-state index in [0.717, 1.165) is 24.3 Å². The Balaban J connectivity index is 1.87. The topological polar surface area (TPSA) is 222 Å². The van der Waals surface area contributed by atoms with E-state index in [1.54, 1.807) is 0 Å². The van der Waals surface area contributed by atoms with Gasteiger partial charge in [-0.3, -0.25) is 4.79 Å². The maximum absolute atomic E-state index is 12.8. The third-order valence-corrected chi connectivity index (χ3v) is 5.54. The lowest BCUT2D eigenvalue weighted by atomic mass is 9.89. The van der Waals surface area contributed by atoms with E-state index in [2.05, 4.69) is 0 Å². The number of ether oxygens (including phenoxy) is 1. The number of benzene rings is 2. The van der Waals surface area contributed by atoms with Gasteiger partial charge in [0, 0.05) is 17.7 Å². The van der Waals surface area contributed by atoms with Gasteiger partial charge in [0.1, 0.15) is 58.7 Å². The van der Waals surface area contributed by atoms with Crippen molar-refractivity contribution in [1.29, 1.82) is 0 Å². The van der Waals surface area contributed by atoms with E-state index in [0.29, 0.717) is 0 Å². The first-order chi connectivity index (χ1) is 15.5. The van der Waals surface area contributed by atoms with Crippen LogP contribution in [0.25, 0.3) is 22.3 Å². The summed E-state index contributed by atoms with van der Waals surface area (Å²) in [6, 6.07) is 3.89. The summed E-state index contributed by atoms with van der Waals surface area (Å²) in [6.45, 7) is -0.742. The van der Waals surface area contributed by atoms with Crippen LogP contribution in [0.1, 0.15) is 11.7 Å². The standard InChI is InChI=1S/C21H20O12/c22-5-13-17(28)19(30)20(31)21(33-13)15-8(24)4-12-14(18(15)29)7(23)3-11(32-12)6-1-9(25)16(27)10(26)2-6/h1-4,13,17,19-22,24-31H,5H2/t13-,17-,19+,20-,21+/m1/s1. The molecule has 3 aromatic rings. The van der Waals surface area contributed by atoms with Gasteiger partial charge in [-0.25, -0.2) is 0 Å². The molecule has 0 bridgehead atoms. The molecule has 33 heavy (non-hydrogen) atoms.